The Morgan fingerprint density at radius 2 is 0.719 bits per heavy atom. The number of esters is 4. The molecule has 2 fully saturated rings. The second-order valence-corrected chi connectivity index (χ2v) is 58.5. The van der Waals surface area contributed by atoms with Crippen molar-refractivity contribution in [3.8, 4) is 0 Å². The molecule has 1 atom stereocenters. The summed E-state index contributed by atoms with van der Waals surface area (Å²) in [5.41, 5.74) is 10.0. The van der Waals surface area contributed by atoms with Gasteiger partial charge in [0.2, 0.25) is 0 Å². The quantitative estimate of drug-likeness (QED) is 0.0144. The van der Waals surface area contributed by atoms with Gasteiger partial charge in [0, 0.05) is 67.3 Å². The molecule has 7 aliphatic rings. The summed E-state index contributed by atoms with van der Waals surface area (Å²) in [7, 11) is 0.606. The SMILES string of the molecule is BrP(Br)Br.CC1(C)CCC(=O)CC1.CC1(C)CCC(c2ccc(Cl)cc2)=C(CBr)C1.CC1(C)CCC(c2ccc(Cl)cc2)=C(CO)C1.COC(=O)C1=C(OS(=O)(=O)C(F)(F)F)CCC(C)(C)C1.COC(=O)C1=C(c2ccc(Cl)cc2)CCC(C)(C)C1.COC(=O)C1=C(c2ccc(Cl)cc2)CCC(C)(C)C1.COC(=O)C1CC(C)(C)CCC1=O.COC(=O)OC.OB(O)c1ccc(Cl)cc1.[H-].[Na+]. The van der Waals surface area contributed by atoms with Gasteiger partial charge in [0.1, 0.15) is 27.3 Å². The molecule has 2 saturated carbocycles. The number of rotatable bonds is 13. The molecule has 135 heavy (non-hydrogen) atoms. The number of ether oxygens (including phenoxy) is 6. The molecule has 19 nitrogen and oxygen atoms in total. The van der Waals surface area contributed by atoms with Crippen LogP contribution in [-0.2, 0) is 71.5 Å². The van der Waals surface area contributed by atoms with Crippen molar-refractivity contribution in [2.75, 3.05) is 54.6 Å². The number of carbonyl (C=O) groups excluding carboxylic acids is 7. The molecule has 0 saturated heterocycles. The van der Waals surface area contributed by atoms with Crippen LogP contribution in [0.5, 0.6) is 0 Å². The maximum Gasteiger partial charge on any atom is 1.00 e. The van der Waals surface area contributed by atoms with Crippen molar-refractivity contribution < 1.29 is 134 Å². The van der Waals surface area contributed by atoms with Crippen LogP contribution in [0.15, 0.2) is 155 Å². The molecule has 0 radical (unpaired) electrons. The number of halogens is 12. The van der Waals surface area contributed by atoms with Gasteiger partial charge in [-0.15, -0.1) is 0 Å². The number of methoxy groups -OCH3 is 6. The fourth-order valence-corrected chi connectivity index (χ4v) is 17.5. The van der Waals surface area contributed by atoms with E-state index in [1.54, 1.807) is 29.8 Å². The predicted molar refractivity (Wildman–Crippen MR) is 553 cm³/mol. The standard InChI is InChI=1S/2C16H19ClO2.C15H18BrCl.C15H19ClO.C11H15F3O5S.C10H16O3.C8H14O.C6H6BClO2.C3H6O3.Br3P.Na.H/c2*1-16(2)9-8-13(14(10-16)15(18)19-3)11-4-6-12(17)7-5-11;1-15(2)8-7-14(12(9-15)10-16)11-3-5-13(17)6-4-11;1-15(2)8-7-14(12(9-15)10-17)11-3-5-13(16)6-4-11;1-10(2)5-4-8(7(6-10)9(15)18-3)19-20(16,17)11(12,13)14;1-10(2)5-4-8(11)7(6-10)9(12)13-3;1-8(2)5-3-7(9)4-6-8;8-6-3-1-5(2-4-6)7(9)10;1-5-3(4)6-2;1-4(2)3;;/h2*4-7H,8-10H2,1-3H3;3-6H,7-10H2,1-2H3;3-6,17H,7-10H2,1-2H3;4-6H2,1-3H3;7H,4-6H2,1-3H3;3-6H2,1-2H3;1-4,9-10H;1-2H3;;;/q;;;;;;;;;;+1;-1. The van der Waals surface area contributed by atoms with Crippen LogP contribution in [0.25, 0.3) is 22.3 Å². The zero-order valence-corrected chi connectivity index (χ0v) is 95.3. The van der Waals surface area contributed by atoms with Crippen LogP contribution in [0.1, 0.15) is 262 Å². The van der Waals surface area contributed by atoms with E-state index in [-0.39, 0.29) is 105 Å². The van der Waals surface area contributed by atoms with Crippen molar-refractivity contribution >= 4 is 211 Å². The minimum atomic E-state index is -5.77. The smallest absolute Gasteiger partial charge is 1.00 e. The number of alkyl halides is 4. The van der Waals surface area contributed by atoms with Crippen molar-refractivity contribution in [3.05, 3.63) is 202 Å². The Hall–Kier alpha value is -4.43. The average molecular weight is 2290 g/mol. The zero-order valence-electron chi connectivity index (χ0n) is 82.4. The van der Waals surface area contributed by atoms with E-state index in [2.05, 4.69) is 181 Å². The number of allylic oxidation sites excluding steroid dienone is 6. The molecule has 7 aliphatic carbocycles. The van der Waals surface area contributed by atoms with E-state index >= 15 is 0 Å². The molecule has 5 aromatic carbocycles. The molecular formula is C100H133BBr4Cl5F3NaO19PS. The topological polar surface area (TPSA) is 279 Å². The van der Waals surface area contributed by atoms with Crippen LogP contribution in [0.4, 0.5) is 18.0 Å². The number of aliphatic hydroxyl groups is 1. The van der Waals surface area contributed by atoms with Crippen molar-refractivity contribution in [2.45, 2.75) is 244 Å². The molecule has 0 aromatic heterocycles. The van der Waals surface area contributed by atoms with Crippen LogP contribution in [0, 0.1) is 43.8 Å². The maximum atomic E-state index is 12.3. The summed E-state index contributed by atoms with van der Waals surface area (Å²) >= 11 is 42.4. The van der Waals surface area contributed by atoms with Crippen LogP contribution >= 0.6 is 124 Å². The Kier molecular flexibility index (Phi) is 55.3. The van der Waals surface area contributed by atoms with E-state index in [0.29, 0.717) is 61.8 Å². The molecular weight excluding hydrogens is 2160 g/mol. The summed E-state index contributed by atoms with van der Waals surface area (Å²) in [6, 6.07) is 37.8. The average Bonchev–Trinajstić information content (AvgIpc) is 0.808. The normalized spacial score (nSPS) is 18.6. The maximum absolute atomic E-state index is 12.3. The molecule has 0 spiro atoms. The summed E-state index contributed by atoms with van der Waals surface area (Å²) in [5.74, 6) is -2.21. The number of aliphatic hydroxyl groups excluding tert-OH is 1. The van der Waals surface area contributed by atoms with Gasteiger partial charge in [-0.1, -0.05) is 237 Å². The molecule has 5 aromatic rings. The van der Waals surface area contributed by atoms with Crippen LogP contribution in [0.3, 0.4) is 0 Å². The number of carbonyl (C=O) groups is 7. The molecule has 3 N–H and O–H groups in total. The van der Waals surface area contributed by atoms with Gasteiger partial charge in [0.25, 0.3) is 0 Å². The third-order valence-corrected chi connectivity index (χ3v) is 26.7. The van der Waals surface area contributed by atoms with Crippen LogP contribution < -0.4 is 35.0 Å². The van der Waals surface area contributed by atoms with Gasteiger partial charge in [-0.3, -0.25) is 14.4 Å². The minimum Gasteiger partial charge on any atom is -1.00 e. The Balaban J connectivity index is 0.000000771. The first-order chi connectivity index (χ1) is 62.1. The molecule has 0 bridgehead atoms. The summed E-state index contributed by atoms with van der Waals surface area (Å²) < 4.78 is 89.8. The van der Waals surface area contributed by atoms with Crippen molar-refractivity contribution in [1.29, 1.82) is 0 Å². The van der Waals surface area contributed by atoms with E-state index in [1.165, 1.54) is 89.1 Å². The summed E-state index contributed by atoms with van der Waals surface area (Å²) in [6.45, 7) is 30.4. The molecule has 0 amide bonds. The van der Waals surface area contributed by atoms with E-state index in [1.807, 2.05) is 98.8 Å². The summed E-state index contributed by atoms with van der Waals surface area (Å²) in [5, 5.41) is 31.3. The van der Waals surface area contributed by atoms with Gasteiger partial charge in [0.05, 0.1) is 54.8 Å². The summed E-state index contributed by atoms with van der Waals surface area (Å²) in [4.78, 5) is 78.7. The number of Topliss-reactive ketones (excluding diaryl/α,β-unsaturated/α-hetero) is 2. The van der Waals surface area contributed by atoms with Gasteiger partial charge in [-0.05, 0) is 316 Å². The number of hydrogen-bond donors (Lipinski definition) is 3. The van der Waals surface area contributed by atoms with Crippen molar-refractivity contribution in [1.82, 2.24) is 0 Å². The molecule has 746 valence electrons. The second kappa shape index (κ2) is 59.0. The predicted octanol–water partition coefficient (Wildman–Crippen LogP) is 26.1. The molecule has 35 heteroatoms. The van der Waals surface area contributed by atoms with Gasteiger partial charge in [-0.2, -0.15) is 21.6 Å². The molecule has 1 unspecified atom stereocenters. The number of hydrogen-bond acceptors (Lipinski definition) is 19. The van der Waals surface area contributed by atoms with Crippen LogP contribution in [0.2, 0.25) is 25.1 Å². The Bertz CT molecular complexity index is 4790. The largest absolute Gasteiger partial charge is 1.00 e. The molecule has 0 heterocycles. The van der Waals surface area contributed by atoms with E-state index in [0.717, 1.165) is 139 Å². The monoisotopic (exact) mass is 2280 g/mol. The first kappa shape index (κ1) is 127. The first-order valence-electron chi connectivity index (χ1n) is 43.8. The number of benzene rings is 5. The third kappa shape index (κ3) is 46.2. The zero-order chi connectivity index (χ0) is 102. The fourth-order valence-electron chi connectivity index (χ4n) is 15.8. The van der Waals surface area contributed by atoms with Gasteiger partial charge >= 0.3 is 82.3 Å². The molecule has 0 aliphatic heterocycles. The number of ketones is 2. The van der Waals surface area contributed by atoms with E-state index in [9.17, 15) is 60.3 Å². The Labute approximate surface area is 881 Å². The van der Waals surface area contributed by atoms with E-state index in [4.69, 9.17) is 77.5 Å². The van der Waals surface area contributed by atoms with Crippen molar-refractivity contribution in [2.24, 2.45) is 43.8 Å². The third-order valence-electron chi connectivity index (χ3n) is 23.8. The van der Waals surface area contributed by atoms with E-state index < -0.39 is 46.5 Å². The Morgan fingerprint density at radius 3 is 1.02 bits per heavy atom. The van der Waals surface area contributed by atoms with Crippen molar-refractivity contribution in [3.63, 3.8) is 0 Å². The fraction of sp³-hybridized carbons (Fsp3) is 0.530. The second-order valence-electron chi connectivity index (χ2n) is 38.9. The minimum absolute atomic E-state index is 0. The Morgan fingerprint density at radius 1 is 0.430 bits per heavy atom. The van der Waals surface area contributed by atoms with Crippen LogP contribution in [-0.4, -0.2) is 132 Å². The summed E-state index contributed by atoms with van der Waals surface area (Å²) in [6.07, 6.45) is 17.9. The van der Waals surface area contributed by atoms with Gasteiger partial charge < -0.3 is 49.2 Å². The first-order valence-corrected chi connectivity index (χ1v) is 55.6. The van der Waals surface area contributed by atoms with Gasteiger partial charge in [-0.25, -0.2) is 19.2 Å². The van der Waals surface area contributed by atoms with Gasteiger partial charge in [0.15, 0.2) is 0 Å². The molecule has 12 rings (SSSR count).